The van der Waals surface area contributed by atoms with Crippen molar-refractivity contribution in [2.24, 2.45) is 11.1 Å². The molecule has 1 heteroatoms. The third-order valence-electron chi connectivity index (χ3n) is 3.95. The van der Waals surface area contributed by atoms with Crippen molar-refractivity contribution in [3.8, 4) is 0 Å². The van der Waals surface area contributed by atoms with Gasteiger partial charge >= 0.3 is 0 Å². The Hall–Kier alpha value is -0.820. The van der Waals surface area contributed by atoms with Gasteiger partial charge in [-0.25, -0.2) is 0 Å². The molecule has 0 heterocycles. The Morgan fingerprint density at radius 1 is 1.19 bits per heavy atom. The molecule has 1 aliphatic carbocycles. The van der Waals surface area contributed by atoms with Crippen LogP contribution in [0.15, 0.2) is 24.3 Å². The van der Waals surface area contributed by atoms with Crippen LogP contribution in [0.25, 0.3) is 0 Å². The highest BCUT2D eigenvalue weighted by Gasteiger charge is 2.33. The van der Waals surface area contributed by atoms with Gasteiger partial charge in [0.05, 0.1) is 0 Å². The molecule has 1 aromatic rings. The van der Waals surface area contributed by atoms with E-state index in [4.69, 9.17) is 5.73 Å². The van der Waals surface area contributed by atoms with E-state index in [9.17, 15) is 0 Å². The molecule has 1 fully saturated rings. The van der Waals surface area contributed by atoms with Gasteiger partial charge in [-0.2, -0.15) is 0 Å². The van der Waals surface area contributed by atoms with Gasteiger partial charge in [0.25, 0.3) is 0 Å². The Labute approximate surface area is 99.0 Å². The molecular formula is C15H23N. The fourth-order valence-electron chi connectivity index (χ4n) is 2.79. The van der Waals surface area contributed by atoms with E-state index < -0.39 is 0 Å². The summed E-state index contributed by atoms with van der Waals surface area (Å²) >= 11 is 0. The molecule has 0 amide bonds. The van der Waals surface area contributed by atoms with Crippen LogP contribution in [0.3, 0.4) is 0 Å². The summed E-state index contributed by atoms with van der Waals surface area (Å²) < 4.78 is 0. The number of hydrogen-bond donors (Lipinski definition) is 1. The third-order valence-corrected chi connectivity index (χ3v) is 3.95. The van der Waals surface area contributed by atoms with Crippen molar-refractivity contribution in [3.63, 3.8) is 0 Å². The van der Waals surface area contributed by atoms with Crippen LogP contribution in [0.2, 0.25) is 0 Å². The Balaban J connectivity index is 2.21. The molecule has 0 spiro atoms. The normalized spacial score (nSPS) is 29.0. The Morgan fingerprint density at radius 2 is 1.81 bits per heavy atom. The average Bonchev–Trinajstić information content (AvgIpc) is 2.23. The van der Waals surface area contributed by atoms with Crippen LogP contribution in [0.4, 0.5) is 0 Å². The minimum atomic E-state index is 0.343. The second-order valence-corrected chi connectivity index (χ2v) is 6.09. The van der Waals surface area contributed by atoms with E-state index >= 15 is 0 Å². The fraction of sp³-hybridized carbons (Fsp3) is 0.600. The average molecular weight is 217 g/mol. The van der Waals surface area contributed by atoms with Crippen molar-refractivity contribution in [1.29, 1.82) is 0 Å². The van der Waals surface area contributed by atoms with Gasteiger partial charge < -0.3 is 5.73 Å². The molecule has 0 aromatic heterocycles. The first kappa shape index (κ1) is 11.7. The number of rotatable bonds is 1. The van der Waals surface area contributed by atoms with Crippen molar-refractivity contribution in [3.05, 3.63) is 35.4 Å². The fourth-order valence-corrected chi connectivity index (χ4v) is 2.79. The summed E-state index contributed by atoms with van der Waals surface area (Å²) in [7, 11) is 0. The molecular weight excluding hydrogens is 194 g/mol. The van der Waals surface area contributed by atoms with E-state index in [2.05, 4.69) is 45.0 Å². The summed E-state index contributed by atoms with van der Waals surface area (Å²) in [5, 5.41) is 0. The summed E-state index contributed by atoms with van der Waals surface area (Å²) in [6.45, 7) is 6.86. The summed E-state index contributed by atoms with van der Waals surface area (Å²) in [6, 6.07) is 9.24. The molecule has 1 aromatic carbocycles. The van der Waals surface area contributed by atoms with Gasteiger partial charge in [-0.05, 0) is 43.1 Å². The van der Waals surface area contributed by atoms with Crippen LogP contribution in [0.1, 0.15) is 50.2 Å². The largest absolute Gasteiger partial charge is 0.327 e. The van der Waals surface area contributed by atoms with Crippen molar-refractivity contribution in [2.45, 2.75) is 52.0 Å². The molecule has 2 atom stereocenters. The lowest BCUT2D eigenvalue weighted by Gasteiger charge is -2.39. The molecule has 1 aliphatic rings. The molecule has 16 heavy (non-hydrogen) atoms. The topological polar surface area (TPSA) is 26.0 Å². The lowest BCUT2D eigenvalue weighted by molar-refractivity contribution is 0.198. The molecule has 2 rings (SSSR count). The molecule has 0 saturated heterocycles. The Bertz CT molecular complexity index is 350. The van der Waals surface area contributed by atoms with E-state index in [1.807, 2.05) is 0 Å². The SMILES string of the molecule is Cc1ccc(C2CC(C)(C)CCC2N)cc1. The maximum absolute atomic E-state index is 6.27. The highest BCUT2D eigenvalue weighted by Crippen LogP contribution is 2.42. The van der Waals surface area contributed by atoms with Crippen LogP contribution in [0, 0.1) is 12.3 Å². The molecule has 2 N–H and O–H groups in total. The molecule has 2 unspecified atom stereocenters. The monoisotopic (exact) mass is 217 g/mol. The molecule has 1 saturated carbocycles. The van der Waals surface area contributed by atoms with Gasteiger partial charge in [-0.3, -0.25) is 0 Å². The summed E-state index contributed by atoms with van der Waals surface area (Å²) in [5.41, 5.74) is 9.47. The molecule has 0 radical (unpaired) electrons. The standard InChI is InChI=1S/C15H23N/c1-11-4-6-12(7-5-11)13-10-15(2,3)9-8-14(13)16/h4-7,13-14H,8-10,16H2,1-3H3. The highest BCUT2D eigenvalue weighted by atomic mass is 14.7. The minimum Gasteiger partial charge on any atom is -0.327 e. The van der Waals surface area contributed by atoms with Gasteiger partial charge in [-0.15, -0.1) is 0 Å². The number of hydrogen-bond acceptors (Lipinski definition) is 1. The molecule has 1 nitrogen and oxygen atoms in total. The number of nitrogens with two attached hydrogens (primary N) is 1. The van der Waals surface area contributed by atoms with Crippen molar-refractivity contribution < 1.29 is 0 Å². The molecule has 0 bridgehead atoms. The zero-order valence-corrected chi connectivity index (χ0v) is 10.7. The maximum atomic E-state index is 6.27. The van der Waals surface area contributed by atoms with Gasteiger partial charge in [0.2, 0.25) is 0 Å². The minimum absolute atomic E-state index is 0.343. The zero-order valence-electron chi connectivity index (χ0n) is 10.7. The number of benzene rings is 1. The van der Waals surface area contributed by atoms with Gasteiger partial charge in [-0.1, -0.05) is 43.7 Å². The summed E-state index contributed by atoms with van der Waals surface area (Å²) in [6.07, 6.45) is 3.64. The van der Waals surface area contributed by atoms with Crippen LogP contribution < -0.4 is 5.73 Å². The van der Waals surface area contributed by atoms with E-state index in [1.54, 1.807) is 0 Å². The summed E-state index contributed by atoms with van der Waals surface area (Å²) in [5.74, 6) is 0.546. The predicted molar refractivity (Wildman–Crippen MR) is 69.5 cm³/mol. The van der Waals surface area contributed by atoms with Crippen LogP contribution in [-0.4, -0.2) is 6.04 Å². The zero-order chi connectivity index (χ0) is 11.8. The van der Waals surface area contributed by atoms with Gasteiger partial charge in [0, 0.05) is 6.04 Å². The van der Waals surface area contributed by atoms with Crippen LogP contribution in [-0.2, 0) is 0 Å². The first-order chi connectivity index (χ1) is 7.48. The maximum Gasteiger partial charge on any atom is 0.0108 e. The molecule has 0 aliphatic heterocycles. The predicted octanol–water partition coefficient (Wildman–Crippen LogP) is 3.62. The lowest BCUT2D eigenvalue weighted by Crippen LogP contribution is -2.37. The van der Waals surface area contributed by atoms with E-state index in [0.29, 0.717) is 17.4 Å². The molecule has 88 valence electrons. The van der Waals surface area contributed by atoms with E-state index in [0.717, 1.165) is 6.42 Å². The number of aryl methyl sites for hydroxylation is 1. The van der Waals surface area contributed by atoms with Crippen LogP contribution in [0.5, 0.6) is 0 Å². The van der Waals surface area contributed by atoms with E-state index in [1.165, 1.54) is 24.0 Å². The van der Waals surface area contributed by atoms with Crippen molar-refractivity contribution >= 4 is 0 Å². The summed E-state index contributed by atoms with van der Waals surface area (Å²) in [4.78, 5) is 0. The first-order valence-corrected chi connectivity index (χ1v) is 6.30. The van der Waals surface area contributed by atoms with Crippen molar-refractivity contribution in [1.82, 2.24) is 0 Å². The first-order valence-electron chi connectivity index (χ1n) is 6.30. The highest BCUT2D eigenvalue weighted by molar-refractivity contribution is 5.26. The Kier molecular flexibility index (Phi) is 3.07. The Morgan fingerprint density at radius 3 is 2.44 bits per heavy atom. The van der Waals surface area contributed by atoms with E-state index in [-0.39, 0.29) is 0 Å². The quantitative estimate of drug-likeness (QED) is 0.764. The van der Waals surface area contributed by atoms with Gasteiger partial charge in [0.15, 0.2) is 0 Å². The lowest BCUT2D eigenvalue weighted by atomic mass is 9.68. The second-order valence-electron chi connectivity index (χ2n) is 6.09. The van der Waals surface area contributed by atoms with Crippen LogP contribution >= 0.6 is 0 Å². The smallest absolute Gasteiger partial charge is 0.0108 e. The van der Waals surface area contributed by atoms with Crippen molar-refractivity contribution in [2.75, 3.05) is 0 Å². The second kappa shape index (κ2) is 4.21. The van der Waals surface area contributed by atoms with Gasteiger partial charge in [0.1, 0.15) is 0 Å². The third kappa shape index (κ3) is 2.46.